The molecule has 0 saturated carbocycles. The summed E-state index contributed by atoms with van der Waals surface area (Å²) in [6.07, 6.45) is 2.02. The SMILES string of the molecule is CCC(C)(CO)Cc1ccsc1. The van der Waals surface area contributed by atoms with Gasteiger partial charge < -0.3 is 5.11 Å². The number of hydrogen-bond donors (Lipinski definition) is 1. The molecule has 0 saturated heterocycles. The van der Waals surface area contributed by atoms with Crippen LogP contribution >= 0.6 is 11.3 Å². The second-order valence-corrected chi connectivity index (χ2v) is 4.41. The molecule has 1 atom stereocenters. The lowest BCUT2D eigenvalue weighted by molar-refractivity contribution is 0.138. The molecule has 1 heterocycles. The molecule has 0 aliphatic rings. The zero-order valence-corrected chi connectivity index (χ0v) is 8.53. The zero-order valence-electron chi connectivity index (χ0n) is 7.71. The molecule has 68 valence electrons. The van der Waals surface area contributed by atoms with Crippen LogP contribution < -0.4 is 0 Å². The highest BCUT2D eigenvalue weighted by Crippen LogP contribution is 2.26. The summed E-state index contributed by atoms with van der Waals surface area (Å²) < 4.78 is 0. The molecule has 1 aromatic heterocycles. The molecule has 2 heteroatoms. The van der Waals surface area contributed by atoms with Gasteiger partial charge in [-0.05, 0) is 40.6 Å². The minimum Gasteiger partial charge on any atom is -0.396 e. The van der Waals surface area contributed by atoms with Gasteiger partial charge in [0.25, 0.3) is 0 Å². The molecule has 0 aromatic carbocycles. The highest BCUT2D eigenvalue weighted by molar-refractivity contribution is 7.07. The lowest BCUT2D eigenvalue weighted by atomic mass is 9.83. The molecule has 1 unspecified atom stereocenters. The summed E-state index contributed by atoms with van der Waals surface area (Å²) >= 11 is 1.72. The number of aliphatic hydroxyl groups excluding tert-OH is 1. The first-order chi connectivity index (χ1) is 5.70. The van der Waals surface area contributed by atoms with Crippen LogP contribution in [0.5, 0.6) is 0 Å². The van der Waals surface area contributed by atoms with E-state index >= 15 is 0 Å². The molecule has 0 radical (unpaired) electrons. The van der Waals surface area contributed by atoms with E-state index in [2.05, 4.69) is 30.7 Å². The van der Waals surface area contributed by atoms with Crippen LogP contribution in [0.25, 0.3) is 0 Å². The Hall–Kier alpha value is -0.340. The monoisotopic (exact) mass is 184 g/mol. The van der Waals surface area contributed by atoms with Crippen molar-refractivity contribution in [3.05, 3.63) is 22.4 Å². The van der Waals surface area contributed by atoms with Crippen molar-refractivity contribution in [2.24, 2.45) is 5.41 Å². The first kappa shape index (κ1) is 9.75. The van der Waals surface area contributed by atoms with Crippen molar-refractivity contribution in [3.63, 3.8) is 0 Å². The van der Waals surface area contributed by atoms with E-state index in [0.717, 1.165) is 12.8 Å². The van der Waals surface area contributed by atoms with E-state index in [9.17, 15) is 5.11 Å². The van der Waals surface area contributed by atoms with Gasteiger partial charge in [-0.15, -0.1) is 0 Å². The molecule has 0 aliphatic heterocycles. The maximum atomic E-state index is 9.19. The second-order valence-electron chi connectivity index (χ2n) is 3.63. The molecule has 1 N–H and O–H groups in total. The third-order valence-corrected chi connectivity index (χ3v) is 3.18. The summed E-state index contributed by atoms with van der Waals surface area (Å²) in [6, 6.07) is 2.13. The van der Waals surface area contributed by atoms with E-state index in [-0.39, 0.29) is 12.0 Å². The molecule has 12 heavy (non-hydrogen) atoms. The third-order valence-electron chi connectivity index (χ3n) is 2.45. The van der Waals surface area contributed by atoms with Crippen molar-refractivity contribution in [2.75, 3.05) is 6.61 Å². The molecule has 1 rings (SSSR count). The molecule has 0 fully saturated rings. The van der Waals surface area contributed by atoms with Gasteiger partial charge in [0.15, 0.2) is 0 Å². The Morgan fingerprint density at radius 3 is 2.75 bits per heavy atom. The molecule has 0 spiro atoms. The summed E-state index contributed by atoms with van der Waals surface area (Å²) in [5.74, 6) is 0. The first-order valence-corrected chi connectivity index (χ1v) is 5.26. The first-order valence-electron chi connectivity index (χ1n) is 4.32. The topological polar surface area (TPSA) is 20.2 Å². The van der Waals surface area contributed by atoms with Crippen LogP contribution in [0.4, 0.5) is 0 Å². The van der Waals surface area contributed by atoms with Crippen LogP contribution in [0.15, 0.2) is 16.8 Å². The smallest absolute Gasteiger partial charge is 0.0487 e. The maximum Gasteiger partial charge on any atom is 0.0487 e. The fourth-order valence-electron chi connectivity index (χ4n) is 1.18. The van der Waals surface area contributed by atoms with Gasteiger partial charge in [-0.25, -0.2) is 0 Å². The van der Waals surface area contributed by atoms with E-state index in [1.165, 1.54) is 5.56 Å². The lowest BCUT2D eigenvalue weighted by Crippen LogP contribution is -2.22. The van der Waals surface area contributed by atoms with Crippen LogP contribution in [0, 0.1) is 5.41 Å². The van der Waals surface area contributed by atoms with Crippen molar-refractivity contribution in [1.29, 1.82) is 0 Å². The molecular formula is C10H16OS. The lowest BCUT2D eigenvalue weighted by Gasteiger charge is -2.24. The van der Waals surface area contributed by atoms with Crippen molar-refractivity contribution >= 4 is 11.3 Å². The summed E-state index contributed by atoms with van der Waals surface area (Å²) in [6.45, 7) is 4.53. The van der Waals surface area contributed by atoms with Crippen LogP contribution in [-0.2, 0) is 6.42 Å². The van der Waals surface area contributed by atoms with Gasteiger partial charge in [-0.1, -0.05) is 13.8 Å². The van der Waals surface area contributed by atoms with E-state index in [1.807, 2.05) is 0 Å². The van der Waals surface area contributed by atoms with E-state index in [4.69, 9.17) is 0 Å². The molecule has 0 amide bonds. The molecule has 1 nitrogen and oxygen atoms in total. The van der Waals surface area contributed by atoms with Gasteiger partial charge in [0.05, 0.1) is 0 Å². The highest BCUT2D eigenvalue weighted by atomic mass is 32.1. The Morgan fingerprint density at radius 2 is 2.33 bits per heavy atom. The van der Waals surface area contributed by atoms with E-state index in [1.54, 1.807) is 11.3 Å². The number of thiophene rings is 1. The summed E-state index contributed by atoms with van der Waals surface area (Å²) in [4.78, 5) is 0. The Balaban J connectivity index is 2.60. The van der Waals surface area contributed by atoms with Crippen molar-refractivity contribution in [2.45, 2.75) is 26.7 Å². The average Bonchev–Trinajstić information content (AvgIpc) is 2.57. The van der Waals surface area contributed by atoms with Gasteiger partial charge in [0.1, 0.15) is 0 Å². The van der Waals surface area contributed by atoms with Gasteiger partial charge >= 0.3 is 0 Å². The predicted octanol–water partition coefficient (Wildman–Crippen LogP) is 2.70. The van der Waals surface area contributed by atoms with Crippen molar-refractivity contribution in [1.82, 2.24) is 0 Å². The van der Waals surface area contributed by atoms with E-state index < -0.39 is 0 Å². The number of rotatable bonds is 4. The fourth-order valence-corrected chi connectivity index (χ4v) is 1.85. The quantitative estimate of drug-likeness (QED) is 0.762. The average molecular weight is 184 g/mol. The molecule has 0 bridgehead atoms. The maximum absolute atomic E-state index is 9.19. The minimum atomic E-state index is 0.0705. The van der Waals surface area contributed by atoms with Gasteiger partial charge in [0.2, 0.25) is 0 Å². The summed E-state index contributed by atoms with van der Waals surface area (Å²) in [7, 11) is 0. The fraction of sp³-hybridized carbons (Fsp3) is 0.600. The van der Waals surface area contributed by atoms with Gasteiger partial charge in [0, 0.05) is 6.61 Å². The second kappa shape index (κ2) is 4.06. The third kappa shape index (κ3) is 2.32. The Bertz CT molecular complexity index is 212. The standard InChI is InChI=1S/C10H16OS/c1-3-10(2,8-11)6-9-4-5-12-7-9/h4-5,7,11H,3,6,8H2,1-2H3. The zero-order chi connectivity index (χ0) is 9.03. The molecule has 1 aromatic rings. The number of aliphatic hydroxyl groups is 1. The minimum absolute atomic E-state index is 0.0705. The van der Waals surface area contributed by atoms with Crippen molar-refractivity contribution in [3.8, 4) is 0 Å². The van der Waals surface area contributed by atoms with Gasteiger partial charge in [-0.2, -0.15) is 11.3 Å². The largest absolute Gasteiger partial charge is 0.396 e. The number of hydrogen-bond acceptors (Lipinski definition) is 2. The molecular weight excluding hydrogens is 168 g/mol. The Morgan fingerprint density at radius 1 is 1.58 bits per heavy atom. The normalized spacial score (nSPS) is 15.9. The van der Waals surface area contributed by atoms with Gasteiger partial charge in [-0.3, -0.25) is 0 Å². The van der Waals surface area contributed by atoms with Crippen LogP contribution in [-0.4, -0.2) is 11.7 Å². The van der Waals surface area contributed by atoms with Crippen LogP contribution in [0.2, 0.25) is 0 Å². The van der Waals surface area contributed by atoms with E-state index in [0.29, 0.717) is 0 Å². The van der Waals surface area contributed by atoms with Crippen LogP contribution in [0.3, 0.4) is 0 Å². The Kier molecular flexibility index (Phi) is 3.29. The summed E-state index contributed by atoms with van der Waals surface area (Å²) in [5.41, 5.74) is 1.42. The highest BCUT2D eigenvalue weighted by Gasteiger charge is 2.21. The Labute approximate surface area is 78.1 Å². The van der Waals surface area contributed by atoms with Crippen LogP contribution in [0.1, 0.15) is 25.8 Å². The summed E-state index contributed by atoms with van der Waals surface area (Å²) in [5, 5.41) is 13.4. The molecule has 0 aliphatic carbocycles. The predicted molar refractivity (Wildman–Crippen MR) is 53.5 cm³/mol. The van der Waals surface area contributed by atoms with Crippen molar-refractivity contribution < 1.29 is 5.11 Å².